The van der Waals surface area contributed by atoms with Crippen LogP contribution in [-0.4, -0.2) is 6.04 Å². The molecule has 1 rings (SSSR count). The largest absolute Gasteiger partial charge is 0.326 e. The van der Waals surface area contributed by atoms with Crippen molar-refractivity contribution < 1.29 is 0 Å². The highest BCUT2D eigenvalue weighted by Crippen LogP contribution is 2.30. The van der Waals surface area contributed by atoms with Gasteiger partial charge in [-0.15, -0.1) is 0 Å². The number of hydrogen-bond acceptors (Lipinski definition) is 2. The molecule has 2 nitrogen and oxygen atoms in total. The Balaban J connectivity index is 2.44. The molecule has 1 saturated carbocycles. The first-order valence-electron chi connectivity index (χ1n) is 4.94. The van der Waals surface area contributed by atoms with E-state index in [1.807, 2.05) is 6.92 Å². The molecule has 2 heteroatoms. The summed E-state index contributed by atoms with van der Waals surface area (Å²) in [7, 11) is 0. The Kier molecular flexibility index (Phi) is 3.55. The van der Waals surface area contributed by atoms with Crippen molar-refractivity contribution in [2.75, 3.05) is 0 Å². The van der Waals surface area contributed by atoms with Gasteiger partial charge in [-0.3, -0.25) is 0 Å². The summed E-state index contributed by atoms with van der Waals surface area (Å²) in [5, 5.41) is 8.83. The van der Waals surface area contributed by atoms with Gasteiger partial charge in [-0.05, 0) is 25.2 Å². The van der Waals surface area contributed by atoms with Crippen molar-refractivity contribution in [2.24, 2.45) is 17.6 Å². The van der Waals surface area contributed by atoms with Crippen LogP contribution in [0.2, 0.25) is 0 Å². The van der Waals surface area contributed by atoms with E-state index in [0.29, 0.717) is 5.92 Å². The van der Waals surface area contributed by atoms with E-state index in [1.165, 1.54) is 25.7 Å². The van der Waals surface area contributed by atoms with Crippen molar-refractivity contribution in [1.29, 1.82) is 5.26 Å². The van der Waals surface area contributed by atoms with Gasteiger partial charge >= 0.3 is 0 Å². The highest BCUT2D eigenvalue weighted by molar-refractivity contribution is 4.93. The van der Waals surface area contributed by atoms with Gasteiger partial charge in [-0.25, -0.2) is 0 Å². The van der Waals surface area contributed by atoms with E-state index in [0.717, 1.165) is 6.42 Å². The average molecular weight is 166 g/mol. The number of hydrogen-bond donors (Lipinski definition) is 1. The van der Waals surface area contributed by atoms with Gasteiger partial charge in [0.05, 0.1) is 12.0 Å². The summed E-state index contributed by atoms with van der Waals surface area (Å²) in [6.45, 7) is 2.04. The highest BCUT2D eigenvalue weighted by atomic mass is 14.7. The summed E-state index contributed by atoms with van der Waals surface area (Å²) in [4.78, 5) is 0. The van der Waals surface area contributed by atoms with Crippen LogP contribution in [0.15, 0.2) is 0 Å². The predicted molar refractivity (Wildman–Crippen MR) is 49.3 cm³/mol. The second-order valence-electron chi connectivity index (χ2n) is 3.77. The Bertz CT molecular complexity index is 165. The summed E-state index contributed by atoms with van der Waals surface area (Å²) in [6.07, 6.45) is 5.98. The van der Waals surface area contributed by atoms with Gasteiger partial charge in [0.1, 0.15) is 0 Å². The molecule has 1 fully saturated rings. The standard InChI is InChI=1S/C10H18N2/c1-2-8(7-11)10(12)9-5-3-4-6-9/h8-10H,2-6,12H2,1H3. The lowest BCUT2D eigenvalue weighted by molar-refractivity contribution is 0.353. The monoisotopic (exact) mass is 166 g/mol. The molecule has 12 heavy (non-hydrogen) atoms. The van der Waals surface area contributed by atoms with Crippen LogP contribution in [0.5, 0.6) is 0 Å². The van der Waals surface area contributed by atoms with E-state index in [9.17, 15) is 0 Å². The maximum Gasteiger partial charge on any atom is 0.0672 e. The summed E-state index contributed by atoms with van der Waals surface area (Å²) in [5.74, 6) is 0.697. The Labute approximate surface area is 74.8 Å². The first-order valence-corrected chi connectivity index (χ1v) is 4.94. The summed E-state index contributed by atoms with van der Waals surface area (Å²) in [5.41, 5.74) is 6.02. The van der Waals surface area contributed by atoms with Crippen molar-refractivity contribution in [3.05, 3.63) is 0 Å². The number of rotatable bonds is 3. The first-order chi connectivity index (χ1) is 5.79. The molecule has 0 bridgehead atoms. The highest BCUT2D eigenvalue weighted by Gasteiger charge is 2.27. The molecule has 0 aromatic rings. The molecule has 0 radical (unpaired) electrons. The Morgan fingerprint density at radius 1 is 1.50 bits per heavy atom. The van der Waals surface area contributed by atoms with Crippen molar-refractivity contribution >= 4 is 0 Å². The minimum atomic E-state index is 0.0769. The molecule has 0 amide bonds. The van der Waals surface area contributed by atoms with Crippen LogP contribution in [0.3, 0.4) is 0 Å². The quantitative estimate of drug-likeness (QED) is 0.697. The van der Waals surface area contributed by atoms with Crippen molar-refractivity contribution in [1.82, 2.24) is 0 Å². The molecular weight excluding hydrogens is 148 g/mol. The van der Waals surface area contributed by atoms with Gasteiger partial charge < -0.3 is 5.73 Å². The molecule has 1 aliphatic carbocycles. The number of nitrogens with zero attached hydrogens (tertiary/aromatic N) is 1. The molecule has 68 valence electrons. The van der Waals surface area contributed by atoms with Crippen molar-refractivity contribution in [3.8, 4) is 6.07 Å². The normalized spacial score (nSPS) is 23.4. The molecule has 0 saturated heterocycles. The zero-order valence-electron chi connectivity index (χ0n) is 7.79. The van der Waals surface area contributed by atoms with E-state index in [1.54, 1.807) is 0 Å². The number of nitriles is 1. The van der Waals surface area contributed by atoms with E-state index in [4.69, 9.17) is 11.0 Å². The van der Waals surface area contributed by atoms with E-state index >= 15 is 0 Å². The van der Waals surface area contributed by atoms with E-state index in [2.05, 4.69) is 6.07 Å². The Morgan fingerprint density at radius 2 is 2.08 bits per heavy atom. The minimum absolute atomic E-state index is 0.0769. The molecule has 2 unspecified atom stereocenters. The lowest BCUT2D eigenvalue weighted by Crippen LogP contribution is -2.35. The zero-order chi connectivity index (χ0) is 8.97. The Morgan fingerprint density at radius 3 is 2.50 bits per heavy atom. The van der Waals surface area contributed by atoms with Crippen LogP contribution in [0, 0.1) is 23.2 Å². The van der Waals surface area contributed by atoms with Crippen LogP contribution < -0.4 is 5.73 Å². The summed E-state index contributed by atoms with van der Waals surface area (Å²) >= 11 is 0. The molecule has 0 aromatic heterocycles. The fourth-order valence-corrected chi connectivity index (χ4v) is 2.12. The van der Waals surface area contributed by atoms with Gasteiger partial charge in [0, 0.05) is 6.04 Å². The summed E-state index contributed by atoms with van der Waals surface area (Å²) < 4.78 is 0. The molecule has 0 spiro atoms. The lowest BCUT2D eigenvalue weighted by Gasteiger charge is -2.22. The van der Waals surface area contributed by atoms with Gasteiger partial charge in [-0.2, -0.15) is 5.26 Å². The second kappa shape index (κ2) is 4.47. The maximum atomic E-state index is 8.83. The average Bonchev–Trinajstić information content (AvgIpc) is 2.58. The molecule has 1 aliphatic rings. The third-order valence-electron chi connectivity index (χ3n) is 3.01. The van der Waals surface area contributed by atoms with Crippen LogP contribution in [0.1, 0.15) is 39.0 Å². The van der Waals surface area contributed by atoms with Crippen LogP contribution in [-0.2, 0) is 0 Å². The topological polar surface area (TPSA) is 49.8 Å². The zero-order valence-corrected chi connectivity index (χ0v) is 7.79. The third-order valence-corrected chi connectivity index (χ3v) is 3.01. The van der Waals surface area contributed by atoms with Gasteiger partial charge in [0.2, 0.25) is 0 Å². The van der Waals surface area contributed by atoms with Crippen LogP contribution >= 0.6 is 0 Å². The molecule has 0 aromatic carbocycles. The van der Waals surface area contributed by atoms with Crippen molar-refractivity contribution in [2.45, 2.75) is 45.1 Å². The third kappa shape index (κ3) is 1.98. The molecule has 0 heterocycles. The molecule has 0 aliphatic heterocycles. The summed E-state index contributed by atoms with van der Waals surface area (Å²) in [6, 6.07) is 2.43. The fourth-order valence-electron chi connectivity index (χ4n) is 2.12. The first kappa shape index (κ1) is 9.54. The molecule has 2 N–H and O–H groups in total. The maximum absolute atomic E-state index is 8.83. The minimum Gasteiger partial charge on any atom is -0.326 e. The SMILES string of the molecule is CCC(C#N)C(N)C1CCCC1. The van der Waals surface area contributed by atoms with Crippen LogP contribution in [0.25, 0.3) is 0 Å². The lowest BCUT2D eigenvalue weighted by atomic mass is 9.87. The fraction of sp³-hybridized carbons (Fsp3) is 0.900. The number of nitrogens with two attached hydrogens (primary N) is 1. The van der Waals surface area contributed by atoms with Crippen LogP contribution in [0.4, 0.5) is 0 Å². The molecular formula is C10H18N2. The van der Waals surface area contributed by atoms with Gasteiger partial charge in [0.15, 0.2) is 0 Å². The van der Waals surface area contributed by atoms with E-state index < -0.39 is 0 Å². The second-order valence-corrected chi connectivity index (χ2v) is 3.77. The Hall–Kier alpha value is -0.550. The predicted octanol–water partition coefficient (Wildman–Crippen LogP) is 2.05. The molecule has 2 atom stereocenters. The van der Waals surface area contributed by atoms with Gasteiger partial charge in [-0.1, -0.05) is 19.8 Å². The smallest absolute Gasteiger partial charge is 0.0672 e. The van der Waals surface area contributed by atoms with E-state index in [-0.39, 0.29) is 12.0 Å². The van der Waals surface area contributed by atoms with Gasteiger partial charge in [0.25, 0.3) is 0 Å². The van der Waals surface area contributed by atoms with Crippen molar-refractivity contribution in [3.63, 3.8) is 0 Å².